The van der Waals surface area contributed by atoms with Crippen LogP contribution in [-0.2, 0) is 9.53 Å². The largest absolute Gasteiger partial charge is 0.481 e. The molecular formula is C13H24O3. The molecule has 1 aliphatic carbocycles. The third-order valence-corrected chi connectivity index (χ3v) is 3.94. The number of rotatable bonds is 6. The van der Waals surface area contributed by atoms with E-state index in [4.69, 9.17) is 9.84 Å². The van der Waals surface area contributed by atoms with Crippen LogP contribution in [0.4, 0.5) is 0 Å². The Morgan fingerprint density at radius 1 is 1.50 bits per heavy atom. The number of hydrogen-bond donors (Lipinski definition) is 1. The first-order chi connectivity index (χ1) is 7.60. The molecule has 0 amide bonds. The summed E-state index contributed by atoms with van der Waals surface area (Å²) in [6, 6.07) is 0. The van der Waals surface area contributed by atoms with Crippen LogP contribution in [0, 0.1) is 17.8 Å². The lowest BCUT2D eigenvalue weighted by atomic mass is 9.80. The van der Waals surface area contributed by atoms with Gasteiger partial charge in [-0.3, -0.25) is 4.79 Å². The van der Waals surface area contributed by atoms with Crippen molar-refractivity contribution in [2.75, 3.05) is 7.11 Å². The number of ether oxygens (including phenoxy) is 1. The maximum absolute atomic E-state index is 10.8. The van der Waals surface area contributed by atoms with Gasteiger partial charge in [0.1, 0.15) is 0 Å². The molecule has 0 aromatic rings. The fourth-order valence-corrected chi connectivity index (χ4v) is 3.28. The fraction of sp³-hybridized carbons (Fsp3) is 0.923. The predicted octanol–water partition coefficient (Wildman–Crippen LogP) is 2.94. The molecule has 1 unspecified atom stereocenters. The van der Waals surface area contributed by atoms with E-state index in [1.54, 1.807) is 7.11 Å². The minimum Gasteiger partial charge on any atom is -0.481 e. The second kappa shape index (κ2) is 6.24. The van der Waals surface area contributed by atoms with Gasteiger partial charge in [-0.2, -0.15) is 0 Å². The fourth-order valence-electron chi connectivity index (χ4n) is 3.28. The molecule has 0 radical (unpaired) electrons. The van der Waals surface area contributed by atoms with Gasteiger partial charge in [-0.05, 0) is 30.6 Å². The van der Waals surface area contributed by atoms with Crippen molar-refractivity contribution in [3.8, 4) is 0 Å². The molecule has 1 saturated carbocycles. The lowest BCUT2D eigenvalue weighted by Gasteiger charge is -2.29. The molecule has 0 aliphatic heterocycles. The number of hydrogen-bond acceptors (Lipinski definition) is 2. The first kappa shape index (κ1) is 13.5. The normalized spacial score (nSPS) is 31.6. The molecule has 3 heteroatoms. The SMILES string of the molecule is CCC[C@H](C)[C@H]1C(OC)CC[C@@H]1CC(=O)O. The summed E-state index contributed by atoms with van der Waals surface area (Å²) in [6.07, 6.45) is 4.93. The predicted molar refractivity (Wildman–Crippen MR) is 63.3 cm³/mol. The summed E-state index contributed by atoms with van der Waals surface area (Å²) in [5.41, 5.74) is 0. The van der Waals surface area contributed by atoms with Crippen molar-refractivity contribution in [2.24, 2.45) is 17.8 Å². The summed E-state index contributed by atoms with van der Waals surface area (Å²) in [4.78, 5) is 10.8. The number of aliphatic carboxylic acids is 1. The Labute approximate surface area is 98.2 Å². The van der Waals surface area contributed by atoms with Crippen molar-refractivity contribution >= 4 is 5.97 Å². The monoisotopic (exact) mass is 228 g/mol. The third kappa shape index (κ3) is 3.21. The van der Waals surface area contributed by atoms with Gasteiger partial charge < -0.3 is 9.84 Å². The van der Waals surface area contributed by atoms with Gasteiger partial charge >= 0.3 is 5.97 Å². The quantitative estimate of drug-likeness (QED) is 0.760. The average molecular weight is 228 g/mol. The smallest absolute Gasteiger partial charge is 0.303 e. The molecular weight excluding hydrogens is 204 g/mol. The van der Waals surface area contributed by atoms with Crippen molar-refractivity contribution in [1.29, 1.82) is 0 Å². The van der Waals surface area contributed by atoms with E-state index in [1.165, 1.54) is 6.42 Å². The van der Waals surface area contributed by atoms with Gasteiger partial charge in [-0.15, -0.1) is 0 Å². The van der Waals surface area contributed by atoms with Crippen molar-refractivity contribution in [3.05, 3.63) is 0 Å². The summed E-state index contributed by atoms with van der Waals surface area (Å²) in [5, 5.41) is 8.92. The van der Waals surface area contributed by atoms with Crippen molar-refractivity contribution in [2.45, 2.75) is 52.1 Å². The number of carbonyl (C=O) groups is 1. The van der Waals surface area contributed by atoms with Gasteiger partial charge in [-0.1, -0.05) is 26.7 Å². The first-order valence-electron chi connectivity index (χ1n) is 6.34. The molecule has 1 rings (SSSR count). The van der Waals surface area contributed by atoms with E-state index in [0.717, 1.165) is 19.3 Å². The maximum Gasteiger partial charge on any atom is 0.303 e. The highest BCUT2D eigenvalue weighted by Crippen LogP contribution is 2.42. The molecule has 0 spiro atoms. The average Bonchev–Trinajstić information content (AvgIpc) is 2.60. The van der Waals surface area contributed by atoms with Gasteiger partial charge in [0.25, 0.3) is 0 Å². The molecule has 0 saturated heterocycles. The molecule has 0 aromatic heterocycles. The highest BCUT2D eigenvalue weighted by molar-refractivity contribution is 5.67. The van der Waals surface area contributed by atoms with E-state index in [2.05, 4.69) is 13.8 Å². The lowest BCUT2D eigenvalue weighted by molar-refractivity contribution is -0.138. The van der Waals surface area contributed by atoms with E-state index in [0.29, 0.717) is 24.2 Å². The highest BCUT2D eigenvalue weighted by Gasteiger charge is 2.39. The Morgan fingerprint density at radius 2 is 2.19 bits per heavy atom. The van der Waals surface area contributed by atoms with Crippen molar-refractivity contribution < 1.29 is 14.6 Å². The lowest BCUT2D eigenvalue weighted by Crippen LogP contribution is -2.28. The second-order valence-corrected chi connectivity index (χ2v) is 5.05. The molecule has 3 nitrogen and oxygen atoms in total. The Bertz CT molecular complexity index is 227. The van der Waals surface area contributed by atoms with Crippen LogP contribution < -0.4 is 0 Å². The molecule has 16 heavy (non-hydrogen) atoms. The van der Waals surface area contributed by atoms with Gasteiger partial charge in [0.05, 0.1) is 6.10 Å². The number of methoxy groups -OCH3 is 1. The first-order valence-corrected chi connectivity index (χ1v) is 6.34. The summed E-state index contributed by atoms with van der Waals surface area (Å²) in [5.74, 6) is 0.641. The summed E-state index contributed by atoms with van der Waals surface area (Å²) >= 11 is 0. The summed E-state index contributed by atoms with van der Waals surface area (Å²) in [6.45, 7) is 4.42. The van der Waals surface area contributed by atoms with Gasteiger partial charge in [0.15, 0.2) is 0 Å². The molecule has 0 aromatic carbocycles. The molecule has 1 aliphatic rings. The molecule has 0 bridgehead atoms. The maximum atomic E-state index is 10.8. The second-order valence-electron chi connectivity index (χ2n) is 5.05. The van der Waals surface area contributed by atoms with Crippen LogP contribution in [0.2, 0.25) is 0 Å². The van der Waals surface area contributed by atoms with E-state index < -0.39 is 5.97 Å². The Hall–Kier alpha value is -0.570. The minimum atomic E-state index is -0.671. The third-order valence-electron chi connectivity index (χ3n) is 3.94. The van der Waals surface area contributed by atoms with E-state index in [1.807, 2.05) is 0 Å². The zero-order chi connectivity index (χ0) is 12.1. The van der Waals surface area contributed by atoms with Gasteiger partial charge in [0.2, 0.25) is 0 Å². The highest BCUT2D eigenvalue weighted by atomic mass is 16.5. The van der Waals surface area contributed by atoms with Gasteiger partial charge in [-0.25, -0.2) is 0 Å². The van der Waals surface area contributed by atoms with Gasteiger partial charge in [0, 0.05) is 13.5 Å². The number of carboxylic acid groups (broad SMARTS) is 1. The zero-order valence-electron chi connectivity index (χ0n) is 10.6. The molecule has 94 valence electrons. The van der Waals surface area contributed by atoms with Crippen LogP contribution in [0.3, 0.4) is 0 Å². The molecule has 1 fully saturated rings. The topological polar surface area (TPSA) is 46.5 Å². The van der Waals surface area contributed by atoms with Crippen LogP contribution in [0.1, 0.15) is 46.0 Å². The van der Waals surface area contributed by atoms with Crippen LogP contribution in [0.25, 0.3) is 0 Å². The Kier molecular flexibility index (Phi) is 5.26. The van der Waals surface area contributed by atoms with Crippen molar-refractivity contribution in [1.82, 2.24) is 0 Å². The zero-order valence-corrected chi connectivity index (χ0v) is 10.6. The standard InChI is InChI=1S/C13H24O3/c1-4-5-9(2)13-10(8-12(14)15)6-7-11(13)16-3/h9-11,13H,4-8H2,1-3H3,(H,14,15)/t9-,10+,11?,13+/m0/s1. The summed E-state index contributed by atoms with van der Waals surface area (Å²) in [7, 11) is 1.75. The minimum absolute atomic E-state index is 0.269. The molecule has 1 N–H and O–H groups in total. The van der Waals surface area contributed by atoms with Crippen LogP contribution in [0.5, 0.6) is 0 Å². The van der Waals surface area contributed by atoms with E-state index in [9.17, 15) is 4.79 Å². The van der Waals surface area contributed by atoms with E-state index in [-0.39, 0.29) is 6.10 Å². The Balaban J connectivity index is 2.65. The van der Waals surface area contributed by atoms with Crippen LogP contribution in [-0.4, -0.2) is 24.3 Å². The number of carboxylic acids is 1. The molecule has 4 atom stereocenters. The van der Waals surface area contributed by atoms with Crippen LogP contribution in [0.15, 0.2) is 0 Å². The van der Waals surface area contributed by atoms with Crippen molar-refractivity contribution in [3.63, 3.8) is 0 Å². The Morgan fingerprint density at radius 3 is 2.69 bits per heavy atom. The van der Waals surface area contributed by atoms with E-state index >= 15 is 0 Å². The molecule has 0 heterocycles. The summed E-state index contributed by atoms with van der Waals surface area (Å²) < 4.78 is 5.51. The van der Waals surface area contributed by atoms with Crippen LogP contribution >= 0.6 is 0 Å².